The molecule has 4 heterocycles. The van der Waals surface area contributed by atoms with Crippen molar-refractivity contribution < 1.29 is 35.9 Å². The summed E-state index contributed by atoms with van der Waals surface area (Å²) in [4.78, 5) is 25.5. The first kappa shape index (κ1) is 28.5. The monoisotopic (exact) mass is 575 g/mol. The van der Waals surface area contributed by atoms with Crippen LogP contribution in [0.4, 0.5) is 42.8 Å². The number of rotatable bonds is 8. The number of aryl methyl sites for hydroxylation is 1. The average molecular weight is 576 g/mol. The predicted octanol–water partition coefficient (Wildman–Crippen LogP) is 5.30. The van der Waals surface area contributed by atoms with E-state index in [4.69, 9.17) is 4.74 Å². The van der Waals surface area contributed by atoms with Crippen LogP contribution in [0, 0.1) is 12.8 Å². The number of aromatic nitrogens is 4. The summed E-state index contributed by atoms with van der Waals surface area (Å²) < 4.78 is 85.5. The number of likely N-dealkylation sites (tertiary alicyclic amines) is 1. The maximum absolute atomic E-state index is 12.9. The predicted molar refractivity (Wildman–Crippen MR) is 130 cm³/mol. The smallest absolute Gasteiger partial charge is 0.434 e. The quantitative estimate of drug-likeness (QED) is 0.349. The third-order valence-electron chi connectivity index (χ3n) is 5.84. The molecule has 3 aromatic heterocycles. The van der Waals surface area contributed by atoms with E-state index >= 15 is 0 Å². The molecule has 210 valence electrons. The van der Waals surface area contributed by atoms with Crippen LogP contribution in [0.3, 0.4) is 0 Å². The summed E-state index contributed by atoms with van der Waals surface area (Å²) >= 11 is 0.939. The third-order valence-corrected chi connectivity index (χ3v) is 6.70. The molecule has 0 saturated carbocycles. The molecule has 0 aliphatic carbocycles. The molecule has 0 radical (unpaired) electrons. The van der Waals surface area contributed by atoms with Crippen molar-refractivity contribution in [3.63, 3.8) is 0 Å². The number of amides is 1. The first-order chi connectivity index (χ1) is 18.4. The second-order valence-electron chi connectivity index (χ2n) is 8.87. The lowest BCUT2D eigenvalue weighted by Crippen LogP contribution is -2.41. The Kier molecular flexibility index (Phi) is 8.54. The normalized spacial score (nSPS) is 15.3. The molecular formula is C23H23F6N7O2S. The van der Waals surface area contributed by atoms with Gasteiger partial charge in [-0.2, -0.15) is 30.7 Å². The number of hydrogen-bond acceptors (Lipinski definition) is 9. The van der Waals surface area contributed by atoms with Crippen molar-refractivity contribution in [3.05, 3.63) is 47.7 Å². The molecule has 2 N–H and O–H groups in total. The highest BCUT2D eigenvalue weighted by atomic mass is 32.1. The molecular weight excluding hydrogens is 552 g/mol. The van der Waals surface area contributed by atoms with Crippen LogP contribution >= 0.6 is 11.5 Å². The molecule has 9 nitrogen and oxygen atoms in total. The summed E-state index contributed by atoms with van der Waals surface area (Å²) in [7, 11) is 0. The van der Waals surface area contributed by atoms with Gasteiger partial charge in [0.15, 0.2) is 5.69 Å². The minimum atomic E-state index is -4.62. The maximum Gasteiger partial charge on any atom is 0.434 e. The van der Waals surface area contributed by atoms with E-state index < -0.39 is 30.5 Å². The van der Waals surface area contributed by atoms with Crippen LogP contribution in [0.15, 0.2) is 30.7 Å². The molecule has 39 heavy (non-hydrogen) atoms. The van der Waals surface area contributed by atoms with Crippen LogP contribution < -0.4 is 15.4 Å². The van der Waals surface area contributed by atoms with E-state index in [1.54, 1.807) is 19.1 Å². The molecule has 1 amide bonds. The summed E-state index contributed by atoms with van der Waals surface area (Å²) in [5, 5.41) is 5.72. The zero-order chi connectivity index (χ0) is 28.2. The van der Waals surface area contributed by atoms with Crippen molar-refractivity contribution in [2.24, 2.45) is 5.92 Å². The zero-order valence-corrected chi connectivity index (χ0v) is 21.3. The van der Waals surface area contributed by atoms with E-state index in [2.05, 4.69) is 30.0 Å². The molecule has 1 aliphatic rings. The summed E-state index contributed by atoms with van der Waals surface area (Å²) in [5.74, 6) is -0.0908. The Morgan fingerprint density at radius 1 is 1.08 bits per heavy atom. The first-order valence-corrected chi connectivity index (χ1v) is 12.5. The van der Waals surface area contributed by atoms with Crippen LogP contribution in [-0.4, -0.2) is 62.6 Å². The van der Waals surface area contributed by atoms with Gasteiger partial charge < -0.3 is 15.4 Å². The molecule has 1 saturated heterocycles. The van der Waals surface area contributed by atoms with Crippen molar-refractivity contribution in [1.82, 2.24) is 24.2 Å². The molecule has 3 aromatic rings. The number of ether oxygens (including phenoxy) is 1. The molecule has 0 aromatic carbocycles. The summed E-state index contributed by atoms with van der Waals surface area (Å²) in [5.41, 5.74) is -0.204. The molecule has 1 aliphatic heterocycles. The highest BCUT2D eigenvalue weighted by Gasteiger charge is 2.33. The van der Waals surface area contributed by atoms with Gasteiger partial charge in [-0.1, -0.05) is 0 Å². The Hall–Kier alpha value is -3.53. The van der Waals surface area contributed by atoms with E-state index in [0.29, 0.717) is 56.0 Å². The highest BCUT2D eigenvalue weighted by molar-refractivity contribution is 7.10. The number of pyridine rings is 1. The van der Waals surface area contributed by atoms with Crippen molar-refractivity contribution in [2.45, 2.75) is 32.1 Å². The fourth-order valence-corrected chi connectivity index (χ4v) is 4.68. The van der Waals surface area contributed by atoms with Gasteiger partial charge in [0.1, 0.15) is 10.8 Å². The molecule has 0 bridgehead atoms. The van der Waals surface area contributed by atoms with Crippen molar-refractivity contribution in [3.8, 4) is 5.88 Å². The largest absolute Gasteiger partial charge is 0.477 e. The van der Waals surface area contributed by atoms with Crippen LogP contribution in [0.2, 0.25) is 0 Å². The molecule has 16 heteroatoms. The Labute approximate surface area is 222 Å². The van der Waals surface area contributed by atoms with Crippen LogP contribution in [0.25, 0.3) is 0 Å². The standard InChI is InChI=1S/C23H23F6N7O2S/c1-13-19(21(39-35-13)34-17-10-30-16(9-31-17)23(27,28)29)20(37)33-15-2-3-18(32-8-15)38-11-14-4-6-36(7-5-14)12-22(24,25)26/h2-3,8-10,14H,4-7,11-12H2,1H3,(H,31,34)(H,33,37). The van der Waals surface area contributed by atoms with E-state index in [1.165, 1.54) is 11.1 Å². The summed E-state index contributed by atoms with van der Waals surface area (Å²) in [6, 6.07) is 3.14. The highest BCUT2D eigenvalue weighted by Crippen LogP contribution is 2.30. The van der Waals surface area contributed by atoms with Gasteiger partial charge in [0.05, 0.1) is 48.7 Å². The Balaban J connectivity index is 1.30. The zero-order valence-electron chi connectivity index (χ0n) is 20.4. The van der Waals surface area contributed by atoms with Crippen LogP contribution in [-0.2, 0) is 6.18 Å². The number of alkyl halides is 6. The molecule has 0 spiro atoms. The van der Waals surface area contributed by atoms with E-state index in [0.717, 1.165) is 17.7 Å². The number of hydrogen-bond donors (Lipinski definition) is 2. The lowest BCUT2D eigenvalue weighted by atomic mass is 9.98. The molecule has 1 fully saturated rings. The van der Waals surface area contributed by atoms with E-state index in [1.807, 2.05) is 0 Å². The topological polar surface area (TPSA) is 105 Å². The number of anilines is 3. The second kappa shape index (κ2) is 11.7. The number of nitrogens with zero attached hydrogens (tertiary/aromatic N) is 5. The van der Waals surface area contributed by atoms with Gasteiger partial charge in [-0.05, 0) is 56.4 Å². The Bertz CT molecular complexity index is 1260. The second-order valence-corrected chi connectivity index (χ2v) is 9.64. The number of piperidine rings is 1. The van der Waals surface area contributed by atoms with Gasteiger partial charge in [0.2, 0.25) is 5.88 Å². The van der Waals surface area contributed by atoms with E-state index in [-0.39, 0.29) is 22.3 Å². The van der Waals surface area contributed by atoms with E-state index in [9.17, 15) is 31.1 Å². The minimum Gasteiger partial charge on any atom is -0.477 e. The maximum atomic E-state index is 12.9. The third kappa shape index (κ3) is 7.98. The van der Waals surface area contributed by atoms with Gasteiger partial charge in [-0.3, -0.25) is 9.69 Å². The van der Waals surface area contributed by atoms with Crippen molar-refractivity contribution in [1.29, 1.82) is 0 Å². The number of halogens is 6. The van der Waals surface area contributed by atoms with Gasteiger partial charge in [-0.25, -0.2) is 15.0 Å². The Morgan fingerprint density at radius 2 is 1.82 bits per heavy atom. The fourth-order valence-electron chi connectivity index (χ4n) is 3.88. The van der Waals surface area contributed by atoms with Gasteiger partial charge in [0.25, 0.3) is 5.91 Å². The number of carbonyl (C=O) groups is 1. The molecule has 0 unspecified atom stereocenters. The lowest BCUT2D eigenvalue weighted by molar-refractivity contribution is -0.148. The van der Waals surface area contributed by atoms with Gasteiger partial charge in [-0.15, -0.1) is 0 Å². The van der Waals surface area contributed by atoms with Crippen molar-refractivity contribution in [2.75, 3.05) is 36.9 Å². The SMILES string of the molecule is Cc1nsc(Nc2cnc(C(F)(F)F)cn2)c1C(=O)Nc1ccc(OCC2CCN(CC(F)(F)F)CC2)nc1. The minimum absolute atomic E-state index is 0.00916. The summed E-state index contributed by atoms with van der Waals surface area (Å²) in [6.45, 7) is 1.73. The first-order valence-electron chi connectivity index (χ1n) is 11.7. The van der Waals surface area contributed by atoms with Gasteiger partial charge >= 0.3 is 12.4 Å². The molecule has 0 atom stereocenters. The van der Waals surface area contributed by atoms with Crippen LogP contribution in [0.1, 0.15) is 34.6 Å². The average Bonchev–Trinajstić information content (AvgIpc) is 3.23. The summed E-state index contributed by atoms with van der Waals surface area (Å²) in [6.07, 6.45) is -4.76. The van der Waals surface area contributed by atoms with Crippen molar-refractivity contribution >= 4 is 33.9 Å². The lowest BCUT2D eigenvalue weighted by Gasteiger charge is -2.32. The van der Waals surface area contributed by atoms with Crippen LogP contribution in [0.5, 0.6) is 5.88 Å². The molecule has 4 rings (SSSR count). The number of carbonyl (C=O) groups excluding carboxylic acids is 1. The Morgan fingerprint density at radius 3 is 2.41 bits per heavy atom. The number of nitrogens with one attached hydrogen (secondary N) is 2. The fraction of sp³-hybridized carbons (Fsp3) is 0.435. The van der Waals surface area contributed by atoms with Gasteiger partial charge in [0, 0.05) is 6.07 Å².